The Hall–Kier alpha value is -1.36. The molecular weight excluding hydrogens is 174 g/mol. The Kier molecular flexibility index (Phi) is 2.82. The van der Waals surface area contributed by atoms with Crippen molar-refractivity contribution in [3.63, 3.8) is 0 Å². The third-order valence-corrected chi connectivity index (χ3v) is 1.30. The summed E-state index contributed by atoms with van der Waals surface area (Å²) in [7, 11) is 0. The Bertz CT molecular complexity index is 292. The lowest BCUT2D eigenvalue weighted by Gasteiger charge is -1.96. The number of rotatable bonds is 2. The van der Waals surface area contributed by atoms with E-state index in [1.54, 1.807) is 25.3 Å². The maximum atomic E-state index is 5.18. The van der Waals surface area contributed by atoms with Gasteiger partial charge in [0.05, 0.1) is 6.26 Å². The molecule has 1 aromatic rings. The maximum Gasteiger partial charge on any atom is 0.184 e. The number of hydrogen-bond acceptors (Lipinski definition) is 3. The van der Waals surface area contributed by atoms with E-state index >= 15 is 0 Å². The number of hydrogen-bond donors (Lipinski definition) is 2. The van der Waals surface area contributed by atoms with Crippen molar-refractivity contribution in [2.24, 2.45) is 10.8 Å². The minimum Gasteiger partial charge on any atom is -0.463 e. The Morgan fingerprint density at radius 3 is 3.00 bits per heavy atom. The number of thiocarbonyl (C=S) groups is 1. The van der Waals surface area contributed by atoms with Crippen LogP contribution in [-0.2, 0) is 0 Å². The molecular formula is C7H9N3OS. The standard InChI is InChI=1S/C7H9N3OS/c1-5(9-10-7(8)12)6-3-2-4-11-6/h2-4H,1H3,(H3,8,10,12)/b9-5-. The minimum atomic E-state index is 0.140. The first-order valence-electron chi connectivity index (χ1n) is 3.34. The van der Waals surface area contributed by atoms with E-state index in [4.69, 9.17) is 10.2 Å². The average Bonchev–Trinajstić information content (AvgIpc) is 2.51. The molecule has 1 heterocycles. The van der Waals surface area contributed by atoms with Crippen molar-refractivity contribution < 1.29 is 4.42 Å². The lowest BCUT2D eigenvalue weighted by molar-refractivity contribution is 0.556. The Labute approximate surface area is 75.4 Å². The second-order valence-electron chi connectivity index (χ2n) is 2.15. The van der Waals surface area contributed by atoms with Crippen LogP contribution in [0.2, 0.25) is 0 Å². The fraction of sp³-hybridized carbons (Fsp3) is 0.143. The fourth-order valence-corrected chi connectivity index (χ4v) is 0.724. The van der Waals surface area contributed by atoms with Gasteiger partial charge < -0.3 is 10.2 Å². The number of nitrogens with two attached hydrogens (primary N) is 1. The van der Waals surface area contributed by atoms with E-state index in [2.05, 4.69) is 22.7 Å². The first kappa shape index (κ1) is 8.73. The Balaban J connectivity index is 2.65. The van der Waals surface area contributed by atoms with Gasteiger partial charge in [-0.05, 0) is 31.3 Å². The predicted molar refractivity (Wildman–Crippen MR) is 50.8 cm³/mol. The third kappa shape index (κ3) is 2.35. The van der Waals surface area contributed by atoms with Crippen LogP contribution in [0, 0.1) is 0 Å². The van der Waals surface area contributed by atoms with Crippen molar-refractivity contribution in [3.8, 4) is 0 Å². The molecule has 5 heteroatoms. The molecule has 1 aromatic heterocycles. The van der Waals surface area contributed by atoms with E-state index < -0.39 is 0 Å². The SMILES string of the molecule is C/C(=N/NC(N)=S)c1ccco1. The van der Waals surface area contributed by atoms with Gasteiger partial charge in [0.25, 0.3) is 0 Å². The van der Waals surface area contributed by atoms with Gasteiger partial charge in [-0.3, -0.25) is 5.43 Å². The van der Waals surface area contributed by atoms with E-state index in [0.29, 0.717) is 11.5 Å². The summed E-state index contributed by atoms with van der Waals surface area (Å²) in [6.07, 6.45) is 1.58. The lowest BCUT2D eigenvalue weighted by Crippen LogP contribution is -2.25. The first-order chi connectivity index (χ1) is 5.70. The highest BCUT2D eigenvalue weighted by Gasteiger charge is 1.98. The number of hydrazone groups is 1. The van der Waals surface area contributed by atoms with E-state index in [-0.39, 0.29) is 5.11 Å². The van der Waals surface area contributed by atoms with Gasteiger partial charge in [-0.15, -0.1) is 0 Å². The van der Waals surface area contributed by atoms with Crippen LogP contribution in [0.25, 0.3) is 0 Å². The smallest absolute Gasteiger partial charge is 0.184 e. The number of nitrogens with zero attached hydrogens (tertiary/aromatic N) is 1. The lowest BCUT2D eigenvalue weighted by atomic mass is 10.3. The molecule has 12 heavy (non-hydrogen) atoms. The van der Waals surface area contributed by atoms with Gasteiger partial charge in [0.2, 0.25) is 0 Å². The highest BCUT2D eigenvalue weighted by Crippen LogP contribution is 2.00. The molecule has 0 atom stereocenters. The van der Waals surface area contributed by atoms with Gasteiger partial charge in [0.1, 0.15) is 11.5 Å². The molecule has 0 amide bonds. The summed E-state index contributed by atoms with van der Waals surface area (Å²) < 4.78 is 5.07. The normalized spacial score (nSPS) is 11.2. The van der Waals surface area contributed by atoms with E-state index in [9.17, 15) is 0 Å². The molecule has 0 fully saturated rings. The zero-order chi connectivity index (χ0) is 8.97. The molecule has 3 N–H and O–H groups in total. The molecule has 64 valence electrons. The minimum absolute atomic E-state index is 0.140. The summed E-state index contributed by atoms with van der Waals surface area (Å²) in [5.41, 5.74) is 8.35. The van der Waals surface area contributed by atoms with Crippen molar-refractivity contribution in [3.05, 3.63) is 24.2 Å². The van der Waals surface area contributed by atoms with Gasteiger partial charge in [-0.1, -0.05) is 0 Å². The van der Waals surface area contributed by atoms with Crippen LogP contribution in [0.3, 0.4) is 0 Å². The molecule has 0 aliphatic heterocycles. The molecule has 1 rings (SSSR count). The summed E-state index contributed by atoms with van der Waals surface area (Å²) in [6, 6.07) is 3.59. The molecule has 0 bridgehead atoms. The molecule has 0 unspecified atom stereocenters. The highest BCUT2D eigenvalue weighted by molar-refractivity contribution is 7.80. The van der Waals surface area contributed by atoms with E-state index in [0.717, 1.165) is 0 Å². The number of nitrogens with one attached hydrogen (secondary N) is 1. The monoisotopic (exact) mass is 183 g/mol. The Morgan fingerprint density at radius 1 is 1.75 bits per heavy atom. The van der Waals surface area contributed by atoms with Crippen molar-refractivity contribution in [1.29, 1.82) is 0 Å². The van der Waals surface area contributed by atoms with Crippen LogP contribution in [0.1, 0.15) is 12.7 Å². The second kappa shape index (κ2) is 3.87. The van der Waals surface area contributed by atoms with Gasteiger partial charge in [0.15, 0.2) is 5.11 Å². The second-order valence-corrected chi connectivity index (χ2v) is 2.59. The topological polar surface area (TPSA) is 63.5 Å². The van der Waals surface area contributed by atoms with Gasteiger partial charge in [0, 0.05) is 0 Å². The van der Waals surface area contributed by atoms with Crippen molar-refractivity contribution in [2.45, 2.75) is 6.92 Å². The largest absolute Gasteiger partial charge is 0.463 e. The summed E-state index contributed by atoms with van der Waals surface area (Å²) in [4.78, 5) is 0. The van der Waals surface area contributed by atoms with E-state index in [1.165, 1.54) is 0 Å². The molecule has 0 spiro atoms. The molecule has 0 radical (unpaired) electrons. The summed E-state index contributed by atoms with van der Waals surface area (Å²) in [5, 5.41) is 4.01. The molecule has 0 aliphatic carbocycles. The van der Waals surface area contributed by atoms with Gasteiger partial charge in [-0.25, -0.2) is 0 Å². The van der Waals surface area contributed by atoms with Crippen LogP contribution in [0.15, 0.2) is 27.9 Å². The maximum absolute atomic E-state index is 5.18. The molecule has 0 saturated carbocycles. The zero-order valence-corrected chi connectivity index (χ0v) is 7.39. The van der Waals surface area contributed by atoms with Gasteiger partial charge in [-0.2, -0.15) is 5.10 Å². The van der Waals surface area contributed by atoms with Crippen LogP contribution in [0.4, 0.5) is 0 Å². The zero-order valence-electron chi connectivity index (χ0n) is 6.57. The van der Waals surface area contributed by atoms with Crippen LogP contribution >= 0.6 is 12.2 Å². The predicted octanol–water partition coefficient (Wildman–Crippen LogP) is 0.837. The van der Waals surface area contributed by atoms with Crippen molar-refractivity contribution in [1.82, 2.24) is 5.43 Å². The molecule has 4 nitrogen and oxygen atoms in total. The quantitative estimate of drug-likeness (QED) is 0.405. The van der Waals surface area contributed by atoms with Gasteiger partial charge >= 0.3 is 0 Å². The summed E-state index contributed by atoms with van der Waals surface area (Å²) in [6.45, 7) is 1.80. The summed E-state index contributed by atoms with van der Waals surface area (Å²) in [5.74, 6) is 0.693. The fourth-order valence-electron chi connectivity index (χ4n) is 0.678. The average molecular weight is 183 g/mol. The molecule has 0 aromatic carbocycles. The third-order valence-electron chi connectivity index (χ3n) is 1.21. The number of furan rings is 1. The molecule has 0 saturated heterocycles. The van der Waals surface area contributed by atoms with Crippen LogP contribution in [-0.4, -0.2) is 10.8 Å². The highest BCUT2D eigenvalue weighted by atomic mass is 32.1. The summed E-state index contributed by atoms with van der Waals surface area (Å²) >= 11 is 4.57. The van der Waals surface area contributed by atoms with Crippen LogP contribution in [0.5, 0.6) is 0 Å². The Morgan fingerprint density at radius 2 is 2.50 bits per heavy atom. The van der Waals surface area contributed by atoms with Crippen molar-refractivity contribution in [2.75, 3.05) is 0 Å². The first-order valence-corrected chi connectivity index (χ1v) is 3.74. The van der Waals surface area contributed by atoms with Crippen molar-refractivity contribution >= 4 is 23.0 Å². The van der Waals surface area contributed by atoms with Crippen LogP contribution < -0.4 is 11.2 Å². The van der Waals surface area contributed by atoms with E-state index in [1.807, 2.05) is 0 Å². The molecule has 0 aliphatic rings.